The van der Waals surface area contributed by atoms with Crippen LogP contribution in [-0.4, -0.2) is 71.0 Å². The molecule has 0 aromatic heterocycles. The van der Waals surface area contributed by atoms with Crippen LogP contribution in [0.5, 0.6) is 0 Å². The molecule has 7 heteroatoms. The fourth-order valence-electron chi connectivity index (χ4n) is 2.87. The van der Waals surface area contributed by atoms with Crippen molar-refractivity contribution in [1.82, 2.24) is 15.5 Å². The molecule has 1 aliphatic rings. The van der Waals surface area contributed by atoms with Gasteiger partial charge in [-0.05, 0) is 44.6 Å². The minimum absolute atomic E-state index is 0.233. The number of aliphatic imine (C=N–C) groups is 1. The first-order valence-electron chi connectivity index (χ1n) is 9.16. The zero-order valence-electron chi connectivity index (χ0n) is 16.0. The number of likely N-dealkylation sites (N-methyl/N-ethyl adjacent to an activating group) is 1. The fourth-order valence-corrected chi connectivity index (χ4v) is 3.00. The number of hydrogen-bond donors (Lipinski definition) is 2. The maximum atomic E-state index is 5.99. The monoisotopic (exact) mass is 382 g/mol. The molecule has 1 aliphatic heterocycles. The van der Waals surface area contributed by atoms with E-state index in [-0.39, 0.29) is 12.1 Å². The van der Waals surface area contributed by atoms with Crippen LogP contribution in [0.4, 0.5) is 0 Å². The average Bonchev–Trinajstić information content (AvgIpc) is 3.14. The van der Waals surface area contributed by atoms with E-state index in [9.17, 15) is 0 Å². The van der Waals surface area contributed by atoms with Gasteiger partial charge in [0, 0.05) is 38.4 Å². The second-order valence-corrected chi connectivity index (χ2v) is 7.06. The van der Waals surface area contributed by atoms with Crippen LogP contribution in [0.25, 0.3) is 0 Å². The quantitative estimate of drug-likeness (QED) is 0.390. The van der Waals surface area contributed by atoms with Crippen LogP contribution in [0.2, 0.25) is 5.02 Å². The summed E-state index contributed by atoms with van der Waals surface area (Å²) in [5, 5.41) is 7.49. The maximum Gasteiger partial charge on any atom is 0.191 e. The molecule has 1 aromatic carbocycles. The standard InChI is InChI=1S/C19H31ClN4O2/c1-21-19(22-10-4-11-26-17-9-12-25-14-17)23-13-18(24(2)3)15-5-7-16(20)8-6-15/h5-8,17-18H,4,9-14H2,1-3H3,(H2,21,22,23). The number of hydrogen-bond acceptors (Lipinski definition) is 4. The number of nitrogens with zero attached hydrogens (tertiary/aromatic N) is 2. The average molecular weight is 383 g/mol. The minimum atomic E-state index is 0.233. The van der Waals surface area contributed by atoms with Gasteiger partial charge >= 0.3 is 0 Å². The normalized spacial score (nSPS) is 19.0. The first-order valence-corrected chi connectivity index (χ1v) is 9.53. The Kier molecular flexibility index (Phi) is 9.18. The van der Waals surface area contributed by atoms with E-state index in [2.05, 4.69) is 46.8 Å². The molecular weight excluding hydrogens is 352 g/mol. The van der Waals surface area contributed by atoms with E-state index in [1.807, 2.05) is 12.1 Å². The van der Waals surface area contributed by atoms with Gasteiger partial charge < -0.3 is 25.0 Å². The molecule has 26 heavy (non-hydrogen) atoms. The van der Waals surface area contributed by atoms with Crippen molar-refractivity contribution in [1.29, 1.82) is 0 Å². The molecular formula is C19H31ClN4O2. The van der Waals surface area contributed by atoms with Gasteiger partial charge in [-0.25, -0.2) is 0 Å². The van der Waals surface area contributed by atoms with E-state index >= 15 is 0 Å². The molecule has 2 unspecified atom stereocenters. The van der Waals surface area contributed by atoms with Gasteiger partial charge in [-0.1, -0.05) is 23.7 Å². The molecule has 0 bridgehead atoms. The molecule has 6 nitrogen and oxygen atoms in total. The Morgan fingerprint density at radius 3 is 2.73 bits per heavy atom. The predicted molar refractivity (Wildman–Crippen MR) is 107 cm³/mol. The summed E-state index contributed by atoms with van der Waals surface area (Å²) in [4.78, 5) is 6.48. The van der Waals surface area contributed by atoms with Crippen molar-refractivity contribution in [3.05, 3.63) is 34.9 Å². The third-order valence-electron chi connectivity index (χ3n) is 4.42. The van der Waals surface area contributed by atoms with E-state index in [1.54, 1.807) is 7.05 Å². The predicted octanol–water partition coefficient (Wildman–Crippen LogP) is 2.30. The number of ether oxygens (including phenoxy) is 2. The molecule has 2 rings (SSSR count). The first kappa shape index (κ1) is 21.0. The van der Waals surface area contributed by atoms with Crippen LogP contribution < -0.4 is 10.6 Å². The lowest BCUT2D eigenvalue weighted by Crippen LogP contribution is -2.42. The lowest BCUT2D eigenvalue weighted by Gasteiger charge is -2.26. The van der Waals surface area contributed by atoms with Crippen molar-refractivity contribution >= 4 is 17.6 Å². The Bertz CT molecular complexity index is 545. The molecule has 146 valence electrons. The van der Waals surface area contributed by atoms with Crippen LogP contribution in [0.15, 0.2) is 29.3 Å². The van der Waals surface area contributed by atoms with E-state index in [0.717, 1.165) is 56.7 Å². The van der Waals surface area contributed by atoms with Gasteiger partial charge in [-0.15, -0.1) is 0 Å². The van der Waals surface area contributed by atoms with Crippen molar-refractivity contribution < 1.29 is 9.47 Å². The van der Waals surface area contributed by atoms with Gasteiger partial charge in [-0.2, -0.15) is 0 Å². The summed E-state index contributed by atoms with van der Waals surface area (Å²) in [5.74, 6) is 0.801. The summed E-state index contributed by atoms with van der Waals surface area (Å²) in [6.45, 7) is 3.86. The largest absolute Gasteiger partial charge is 0.379 e. The maximum absolute atomic E-state index is 5.99. The topological polar surface area (TPSA) is 58.1 Å². The second kappa shape index (κ2) is 11.4. The highest BCUT2D eigenvalue weighted by atomic mass is 35.5. The smallest absolute Gasteiger partial charge is 0.191 e. The summed E-state index contributed by atoms with van der Waals surface area (Å²) < 4.78 is 11.1. The summed E-state index contributed by atoms with van der Waals surface area (Å²) in [6.07, 6.45) is 2.21. The molecule has 0 amide bonds. The Labute approximate surface area is 161 Å². The SMILES string of the molecule is CN=C(NCCCOC1CCOC1)NCC(c1ccc(Cl)cc1)N(C)C. The summed E-state index contributed by atoms with van der Waals surface area (Å²) in [5.41, 5.74) is 1.22. The molecule has 1 fully saturated rings. The molecule has 2 N–H and O–H groups in total. The van der Waals surface area contributed by atoms with Gasteiger partial charge in [0.2, 0.25) is 0 Å². The van der Waals surface area contributed by atoms with Crippen molar-refractivity contribution in [2.45, 2.75) is 25.0 Å². The highest BCUT2D eigenvalue weighted by Gasteiger charge is 2.16. The third kappa shape index (κ3) is 7.11. The number of halogens is 1. The Balaban J connectivity index is 1.70. The van der Waals surface area contributed by atoms with Crippen LogP contribution >= 0.6 is 11.6 Å². The highest BCUT2D eigenvalue weighted by molar-refractivity contribution is 6.30. The van der Waals surface area contributed by atoms with Crippen LogP contribution in [0, 0.1) is 0 Å². The van der Waals surface area contributed by atoms with Crippen molar-refractivity contribution in [3.8, 4) is 0 Å². The van der Waals surface area contributed by atoms with Crippen molar-refractivity contribution in [2.75, 3.05) is 54.1 Å². The van der Waals surface area contributed by atoms with Crippen LogP contribution in [-0.2, 0) is 9.47 Å². The van der Waals surface area contributed by atoms with Crippen molar-refractivity contribution in [3.63, 3.8) is 0 Å². The van der Waals surface area contributed by atoms with E-state index in [4.69, 9.17) is 21.1 Å². The summed E-state index contributed by atoms with van der Waals surface area (Å²) in [6, 6.07) is 8.21. The minimum Gasteiger partial charge on any atom is -0.379 e. The number of guanidine groups is 1. The van der Waals surface area contributed by atoms with Gasteiger partial charge in [0.15, 0.2) is 5.96 Å². The highest BCUT2D eigenvalue weighted by Crippen LogP contribution is 2.19. The molecule has 1 heterocycles. The lowest BCUT2D eigenvalue weighted by atomic mass is 10.1. The molecule has 0 saturated carbocycles. The Hall–Kier alpha value is -1.34. The van der Waals surface area contributed by atoms with Gasteiger partial charge in [0.1, 0.15) is 0 Å². The fraction of sp³-hybridized carbons (Fsp3) is 0.632. The third-order valence-corrected chi connectivity index (χ3v) is 4.67. The van der Waals surface area contributed by atoms with E-state index < -0.39 is 0 Å². The first-order chi connectivity index (χ1) is 12.6. The Morgan fingerprint density at radius 1 is 1.35 bits per heavy atom. The molecule has 1 saturated heterocycles. The van der Waals surface area contributed by atoms with Crippen LogP contribution in [0.1, 0.15) is 24.4 Å². The number of nitrogens with one attached hydrogen (secondary N) is 2. The summed E-state index contributed by atoms with van der Waals surface area (Å²) >= 11 is 5.99. The van der Waals surface area contributed by atoms with Crippen molar-refractivity contribution in [2.24, 2.45) is 4.99 Å². The van der Waals surface area contributed by atoms with Gasteiger partial charge in [-0.3, -0.25) is 4.99 Å². The number of benzene rings is 1. The Morgan fingerprint density at radius 2 is 2.12 bits per heavy atom. The van der Waals surface area contributed by atoms with Gasteiger partial charge in [0.25, 0.3) is 0 Å². The molecule has 0 aliphatic carbocycles. The number of rotatable bonds is 9. The lowest BCUT2D eigenvalue weighted by molar-refractivity contribution is 0.0420. The van der Waals surface area contributed by atoms with E-state index in [1.165, 1.54) is 5.56 Å². The zero-order valence-corrected chi connectivity index (χ0v) is 16.8. The summed E-state index contributed by atoms with van der Waals surface area (Å²) in [7, 11) is 5.93. The second-order valence-electron chi connectivity index (χ2n) is 6.62. The molecule has 0 spiro atoms. The van der Waals surface area contributed by atoms with Crippen LogP contribution in [0.3, 0.4) is 0 Å². The molecule has 2 atom stereocenters. The van der Waals surface area contributed by atoms with E-state index in [0.29, 0.717) is 0 Å². The molecule has 1 aromatic rings. The van der Waals surface area contributed by atoms with Gasteiger partial charge in [0.05, 0.1) is 18.8 Å². The molecule has 0 radical (unpaired) electrons. The zero-order chi connectivity index (χ0) is 18.8.